The number of hydrogen-bond donors (Lipinski definition) is 1. The normalized spacial score (nSPS) is 15.9. The van der Waals surface area contributed by atoms with Gasteiger partial charge in [0.15, 0.2) is 0 Å². The number of hydrogen-bond acceptors (Lipinski definition) is 5. The Labute approximate surface area is 176 Å². The largest absolute Gasteiger partial charge is 0.497 e. The molecule has 164 valence electrons. The molecule has 0 unspecified atom stereocenters. The van der Waals surface area contributed by atoms with Crippen molar-refractivity contribution in [3.8, 4) is 11.5 Å². The van der Waals surface area contributed by atoms with Gasteiger partial charge in [-0.2, -0.15) is 8.78 Å². The summed E-state index contributed by atoms with van der Waals surface area (Å²) < 4.78 is 40.6. The molecule has 1 fully saturated rings. The molecule has 1 atom stereocenters. The number of rotatable bonds is 9. The van der Waals surface area contributed by atoms with Crippen LogP contribution in [0.15, 0.2) is 36.4 Å². The predicted octanol–water partition coefficient (Wildman–Crippen LogP) is 4.08. The van der Waals surface area contributed by atoms with Crippen molar-refractivity contribution in [1.82, 2.24) is 10.2 Å². The zero-order valence-corrected chi connectivity index (χ0v) is 17.8. The van der Waals surface area contributed by atoms with Gasteiger partial charge in [-0.05, 0) is 48.2 Å². The third kappa shape index (κ3) is 5.90. The Morgan fingerprint density at radius 2 is 1.70 bits per heavy atom. The molecule has 1 N–H and O–H groups in total. The van der Waals surface area contributed by atoms with E-state index in [1.165, 1.54) is 5.56 Å². The highest BCUT2D eigenvalue weighted by Crippen LogP contribution is 2.27. The van der Waals surface area contributed by atoms with E-state index in [0.717, 1.165) is 44.2 Å². The second-order valence-corrected chi connectivity index (χ2v) is 7.51. The fourth-order valence-corrected chi connectivity index (χ4v) is 3.94. The molecular formula is C23H30F2N2O3. The molecule has 1 heterocycles. The molecule has 0 spiro atoms. The van der Waals surface area contributed by atoms with Crippen LogP contribution in [-0.4, -0.2) is 51.5 Å². The van der Waals surface area contributed by atoms with Gasteiger partial charge in [0.25, 0.3) is 0 Å². The smallest absolute Gasteiger partial charge is 0.387 e. The highest BCUT2D eigenvalue weighted by molar-refractivity contribution is 5.43. The number of halogens is 2. The first-order valence-corrected chi connectivity index (χ1v) is 10.2. The van der Waals surface area contributed by atoms with E-state index in [1.54, 1.807) is 21.0 Å². The minimum Gasteiger partial charge on any atom is -0.497 e. The van der Waals surface area contributed by atoms with Crippen molar-refractivity contribution in [2.45, 2.75) is 33.0 Å². The first kappa shape index (κ1) is 22.5. The fourth-order valence-electron chi connectivity index (χ4n) is 3.94. The highest BCUT2D eigenvalue weighted by Gasteiger charge is 2.22. The lowest BCUT2D eigenvalue weighted by Crippen LogP contribution is -2.42. The van der Waals surface area contributed by atoms with Crippen molar-refractivity contribution in [2.75, 3.05) is 40.0 Å². The summed E-state index contributed by atoms with van der Waals surface area (Å²) in [5.74, 6) is 1.10. The minimum absolute atomic E-state index is 0.212. The van der Waals surface area contributed by atoms with Gasteiger partial charge in [-0.15, -0.1) is 0 Å². The summed E-state index contributed by atoms with van der Waals surface area (Å²) in [6.07, 6.45) is 0. The zero-order chi connectivity index (χ0) is 21.5. The molecular weight excluding hydrogens is 390 g/mol. The number of methoxy groups -OCH3 is 1. The Kier molecular flexibility index (Phi) is 8.01. The molecule has 5 nitrogen and oxygen atoms in total. The average molecular weight is 421 g/mol. The van der Waals surface area contributed by atoms with Crippen molar-refractivity contribution in [3.05, 3.63) is 58.7 Å². The van der Waals surface area contributed by atoms with E-state index in [-0.39, 0.29) is 11.8 Å². The third-order valence-electron chi connectivity index (χ3n) is 5.38. The van der Waals surface area contributed by atoms with E-state index in [1.807, 2.05) is 24.3 Å². The zero-order valence-electron chi connectivity index (χ0n) is 17.8. The van der Waals surface area contributed by atoms with Gasteiger partial charge in [0.05, 0.1) is 20.3 Å². The average Bonchev–Trinajstić information content (AvgIpc) is 2.74. The van der Waals surface area contributed by atoms with Crippen LogP contribution in [0.1, 0.15) is 28.3 Å². The van der Waals surface area contributed by atoms with Gasteiger partial charge in [0, 0.05) is 32.2 Å². The first-order chi connectivity index (χ1) is 14.5. The van der Waals surface area contributed by atoms with Crippen LogP contribution < -0.4 is 14.8 Å². The lowest BCUT2D eigenvalue weighted by atomic mass is 10.0. The second-order valence-electron chi connectivity index (χ2n) is 7.51. The molecule has 2 aromatic rings. The van der Waals surface area contributed by atoms with Crippen LogP contribution in [0, 0.1) is 13.8 Å². The summed E-state index contributed by atoms with van der Waals surface area (Å²) in [5.41, 5.74) is 3.69. The molecule has 0 aromatic heterocycles. The maximum absolute atomic E-state index is 12.6. The van der Waals surface area contributed by atoms with Crippen LogP contribution in [0.4, 0.5) is 8.78 Å². The van der Waals surface area contributed by atoms with Crippen molar-refractivity contribution in [2.24, 2.45) is 0 Å². The van der Waals surface area contributed by atoms with Crippen molar-refractivity contribution in [3.63, 3.8) is 0 Å². The fraction of sp³-hybridized carbons (Fsp3) is 0.478. The van der Waals surface area contributed by atoms with Gasteiger partial charge in [0.2, 0.25) is 0 Å². The van der Waals surface area contributed by atoms with Gasteiger partial charge < -0.3 is 19.5 Å². The Balaban J connectivity index is 1.68. The maximum atomic E-state index is 12.6. The van der Waals surface area contributed by atoms with Gasteiger partial charge in [-0.25, -0.2) is 0 Å². The highest BCUT2D eigenvalue weighted by atomic mass is 19.3. The van der Waals surface area contributed by atoms with Gasteiger partial charge in [-0.1, -0.05) is 24.3 Å². The number of ether oxygens (including phenoxy) is 3. The summed E-state index contributed by atoms with van der Waals surface area (Å²) in [7, 11) is 1.66. The Bertz CT molecular complexity index is 786. The van der Waals surface area contributed by atoms with Gasteiger partial charge >= 0.3 is 6.61 Å². The third-order valence-corrected chi connectivity index (χ3v) is 5.38. The van der Waals surface area contributed by atoms with Crippen LogP contribution in [0.2, 0.25) is 0 Å². The molecule has 1 aliphatic rings. The topological polar surface area (TPSA) is 43.0 Å². The summed E-state index contributed by atoms with van der Waals surface area (Å²) in [6, 6.07) is 12.2. The molecule has 0 aliphatic carbocycles. The van der Waals surface area contributed by atoms with E-state index in [9.17, 15) is 8.78 Å². The van der Waals surface area contributed by atoms with Crippen molar-refractivity contribution >= 4 is 0 Å². The molecule has 0 saturated carbocycles. The summed E-state index contributed by atoms with van der Waals surface area (Å²) in [4.78, 5) is 2.42. The molecule has 7 heteroatoms. The van der Waals surface area contributed by atoms with Crippen LogP contribution >= 0.6 is 0 Å². The standard InChI is InChI=1S/C23H30F2N2O3/c1-16-12-18(13-17(2)22(16)30-23(24)25)14-26-15-21(27-8-10-29-11-9-27)19-4-6-20(28-3)7-5-19/h4-7,12-13,21,23,26H,8-11,14-15H2,1-3H3/t21-/m0/s1. The second kappa shape index (κ2) is 10.7. The monoisotopic (exact) mass is 420 g/mol. The van der Waals surface area contributed by atoms with E-state index in [4.69, 9.17) is 9.47 Å². The summed E-state index contributed by atoms with van der Waals surface area (Å²) in [6.45, 7) is 5.42. The van der Waals surface area contributed by atoms with Gasteiger partial charge in [-0.3, -0.25) is 4.90 Å². The number of nitrogens with one attached hydrogen (secondary N) is 1. The Hall–Kier alpha value is -2.22. The number of alkyl halides is 2. The number of nitrogens with zero attached hydrogens (tertiary/aromatic N) is 1. The number of aryl methyl sites for hydroxylation is 2. The molecule has 0 bridgehead atoms. The van der Waals surface area contributed by atoms with E-state index in [0.29, 0.717) is 17.7 Å². The molecule has 3 rings (SSSR count). The quantitative estimate of drug-likeness (QED) is 0.662. The van der Waals surface area contributed by atoms with Crippen LogP contribution in [0.3, 0.4) is 0 Å². The van der Waals surface area contributed by atoms with Crippen molar-refractivity contribution < 1.29 is 23.0 Å². The van der Waals surface area contributed by atoms with Crippen LogP contribution in [0.5, 0.6) is 11.5 Å². The molecule has 0 radical (unpaired) electrons. The number of morpholine rings is 1. The molecule has 1 saturated heterocycles. The summed E-state index contributed by atoms with van der Waals surface area (Å²) in [5, 5.41) is 3.54. The number of benzene rings is 2. The van der Waals surface area contributed by atoms with E-state index < -0.39 is 6.61 Å². The Morgan fingerprint density at radius 1 is 1.07 bits per heavy atom. The van der Waals surface area contributed by atoms with Gasteiger partial charge in [0.1, 0.15) is 11.5 Å². The van der Waals surface area contributed by atoms with Crippen LogP contribution in [0.25, 0.3) is 0 Å². The molecule has 30 heavy (non-hydrogen) atoms. The Morgan fingerprint density at radius 3 is 2.27 bits per heavy atom. The predicted molar refractivity (Wildman–Crippen MR) is 112 cm³/mol. The van der Waals surface area contributed by atoms with Crippen LogP contribution in [-0.2, 0) is 11.3 Å². The molecule has 1 aliphatic heterocycles. The minimum atomic E-state index is -2.81. The van der Waals surface area contributed by atoms with Crippen molar-refractivity contribution in [1.29, 1.82) is 0 Å². The summed E-state index contributed by atoms with van der Waals surface area (Å²) >= 11 is 0. The lowest BCUT2D eigenvalue weighted by molar-refractivity contribution is -0.0507. The molecule has 2 aromatic carbocycles. The van der Waals surface area contributed by atoms with E-state index in [2.05, 4.69) is 27.1 Å². The maximum Gasteiger partial charge on any atom is 0.387 e. The first-order valence-electron chi connectivity index (χ1n) is 10.2. The van der Waals surface area contributed by atoms with E-state index >= 15 is 0 Å². The SMILES string of the molecule is COc1ccc([C@H](CNCc2cc(C)c(OC(F)F)c(C)c2)N2CCOCC2)cc1. The molecule has 0 amide bonds. The lowest BCUT2D eigenvalue weighted by Gasteiger charge is -2.35.